The van der Waals surface area contributed by atoms with Gasteiger partial charge in [-0.25, -0.2) is 9.97 Å². The Balaban J connectivity index is 1.65. The number of likely N-dealkylation sites (N-methyl/N-ethyl adjacent to an activating group) is 1. The molecular weight excluding hydrogens is 322 g/mol. The van der Waals surface area contributed by atoms with Gasteiger partial charge in [-0.2, -0.15) is 0 Å². The molecule has 4 nitrogen and oxygen atoms in total. The smallest absolute Gasteiger partial charge is 0.159 e. The molecule has 2 aromatic heterocycles. The van der Waals surface area contributed by atoms with Crippen molar-refractivity contribution in [1.29, 1.82) is 0 Å². The van der Waals surface area contributed by atoms with Crippen molar-refractivity contribution in [3.05, 3.63) is 83.9 Å². The fourth-order valence-corrected chi connectivity index (χ4v) is 3.92. The van der Waals surface area contributed by atoms with Crippen LogP contribution in [0.4, 0.5) is 0 Å². The van der Waals surface area contributed by atoms with Gasteiger partial charge in [-0.1, -0.05) is 18.2 Å². The number of hydrogen-bond donors (Lipinski definition) is 0. The molecule has 0 N–H and O–H groups in total. The van der Waals surface area contributed by atoms with Crippen LogP contribution in [0.2, 0.25) is 0 Å². The van der Waals surface area contributed by atoms with Crippen molar-refractivity contribution in [3.63, 3.8) is 0 Å². The Kier molecular flexibility index (Phi) is 3.57. The Bertz CT molecular complexity index is 1070. The second-order valence-electron chi connectivity index (χ2n) is 6.84. The van der Waals surface area contributed by atoms with Gasteiger partial charge in [-0.15, -0.1) is 0 Å². The van der Waals surface area contributed by atoms with Crippen LogP contribution in [-0.2, 0) is 6.42 Å². The van der Waals surface area contributed by atoms with E-state index in [-0.39, 0.29) is 6.04 Å². The highest BCUT2D eigenvalue weighted by Crippen LogP contribution is 2.37. The molecule has 26 heavy (non-hydrogen) atoms. The van der Waals surface area contributed by atoms with E-state index in [9.17, 15) is 0 Å². The summed E-state index contributed by atoms with van der Waals surface area (Å²) in [4.78, 5) is 11.2. The van der Waals surface area contributed by atoms with Gasteiger partial charge in [0.25, 0.3) is 0 Å². The Morgan fingerprint density at radius 2 is 1.92 bits per heavy atom. The maximum Gasteiger partial charge on any atom is 0.159 e. The summed E-state index contributed by atoms with van der Waals surface area (Å²) in [6.07, 6.45) is 6.39. The summed E-state index contributed by atoms with van der Waals surface area (Å²) in [6.45, 7) is 1.04. The highest BCUT2D eigenvalue weighted by atomic mass is 16.3. The zero-order chi connectivity index (χ0) is 17.5. The molecule has 2 aromatic carbocycles. The second-order valence-corrected chi connectivity index (χ2v) is 6.84. The average molecular weight is 341 g/mol. The average Bonchev–Trinajstić information content (AvgIpc) is 3.16. The molecule has 0 spiro atoms. The third-order valence-corrected chi connectivity index (χ3v) is 5.23. The van der Waals surface area contributed by atoms with Crippen LogP contribution >= 0.6 is 0 Å². The summed E-state index contributed by atoms with van der Waals surface area (Å²) >= 11 is 0. The molecule has 1 aliphatic rings. The van der Waals surface area contributed by atoms with Crippen LogP contribution in [0.1, 0.15) is 22.7 Å². The van der Waals surface area contributed by atoms with Gasteiger partial charge in [-0.3, -0.25) is 4.90 Å². The molecule has 1 aliphatic heterocycles. The minimum absolute atomic E-state index is 0.224. The summed E-state index contributed by atoms with van der Waals surface area (Å²) in [5.74, 6) is 0.771. The van der Waals surface area contributed by atoms with Gasteiger partial charge in [0.05, 0.1) is 12.3 Å². The van der Waals surface area contributed by atoms with Gasteiger partial charge in [0, 0.05) is 29.9 Å². The molecule has 1 atom stereocenters. The molecule has 0 bridgehead atoms. The molecule has 3 heterocycles. The lowest BCUT2D eigenvalue weighted by Crippen LogP contribution is -2.32. The van der Waals surface area contributed by atoms with Crippen LogP contribution in [0.15, 0.2) is 71.6 Å². The fraction of sp³-hybridized carbons (Fsp3) is 0.182. The minimum atomic E-state index is 0.224. The fourth-order valence-electron chi connectivity index (χ4n) is 3.92. The number of hydrogen-bond acceptors (Lipinski definition) is 4. The molecule has 0 saturated carbocycles. The van der Waals surface area contributed by atoms with E-state index in [2.05, 4.69) is 58.3 Å². The van der Waals surface area contributed by atoms with Crippen molar-refractivity contribution in [2.75, 3.05) is 13.6 Å². The van der Waals surface area contributed by atoms with Crippen molar-refractivity contribution in [2.45, 2.75) is 12.5 Å². The Morgan fingerprint density at radius 1 is 1.04 bits per heavy atom. The van der Waals surface area contributed by atoms with E-state index in [1.807, 2.05) is 12.1 Å². The van der Waals surface area contributed by atoms with E-state index in [1.54, 1.807) is 18.7 Å². The first-order valence-electron chi connectivity index (χ1n) is 8.87. The maximum absolute atomic E-state index is 5.50. The monoisotopic (exact) mass is 341 g/mol. The van der Waals surface area contributed by atoms with E-state index in [4.69, 9.17) is 4.42 Å². The number of fused-ring (bicyclic) bond motifs is 2. The standard InChI is InChI=1S/C22H19N3O/c1-25-11-7-15-3-4-18(22-23-9-2-10-24-22)14-19(15)21(25)17-5-6-20-16(13-17)8-12-26-20/h2-6,8-10,12-14,21H,7,11H2,1H3. The van der Waals surface area contributed by atoms with Crippen LogP contribution in [0, 0.1) is 0 Å². The summed E-state index contributed by atoms with van der Waals surface area (Å²) in [6, 6.07) is 17.2. The van der Waals surface area contributed by atoms with Crippen LogP contribution in [0.5, 0.6) is 0 Å². The van der Waals surface area contributed by atoms with E-state index >= 15 is 0 Å². The van der Waals surface area contributed by atoms with Gasteiger partial charge in [0.15, 0.2) is 5.82 Å². The molecule has 0 radical (unpaired) electrons. The van der Waals surface area contributed by atoms with E-state index in [0.29, 0.717) is 0 Å². The summed E-state index contributed by atoms with van der Waals surface area (Å²) in [5.41, 5.74) is 6.02. The number of nitrogens with zero attached hydrogens (tertiary/aromatic N) is 3. The van der Waals surface area contributed by atoms with Crippen molar-refractivity contribution < 1.29 is 4.42 Å². The van der Waals surface area contributed by atoms with Crippen molar-refractivity contribution in [3.8, 4) is 11.4 Å². The van der Waals surface area contributed by atoms with Crippen molar-refractivity contribution in [2.24, 2.45) is 0 Å². The van der Waals surface area contributed by atoms with E-state index in [1.165, 1.54) is 16.7 Å². The Hall–Kier alpha value is -2.98. The summed E-state index contributed by atoms with van der Waals surface area (Å²) < 4.78 is 5.50. The quantitative estimate of drug-likeness (QED) is 0.539. The summed E-state index contributed by atoms with van der Waals surface area (Å²) in [5, 5.41) is 1.14. The number of benzene rings is 2. The molecule has 0 amide bonds. The zero-order valence-electron chi connectivity index (χ0n) is 14.6. The predicted octanol–water partition coefficient (Wildman–Crippen LogP) is 4.47. The Morgan fingerprint density at radius 3 is 2.81 bits per heavy atom. The first-order valence-corrected chi connectivity index (χ1v) is 8.87. The van der Waals surface area contributed by atoms with Gasteiger partial charge < -0.3 is 4.42 Å². The third-order valence-electron chi connectivity index (χ3n) is 5.23. The van der Waals surface area contributed by atoms with Crippen LogP contribution in [0.3, 0.4) is 0 Å². The lowest BCUT2D eigenvalue weighted by atomic mass is 9.87. The highest BCUT2D eigenvalue weighted by Gasteiger charge is 2.27. The molecule has 0 aliphatic carbocycles. The van der Waals surface area contributed by atoms with Crippen molar-refractivity contribution in [1.82, 2.24) is 14.9 Å². The van der Waals surface area contributed by atoms with Gasteiger partial charge in [0.2, 0.25) is 0 Å². The lowest BCUT2D eigenvalue weighted by molar-refractivity contribution is 0.265. The molecule has 4 aromatic rings. The SMILES string of the molecule is CN1CCc2ccc(-c3ncccn3)cc2C1c1ccc2occc2c1. The second kappa shape index (κ2) is 6.07. The highest BCUT2D eigenvalue weighted by molar-refractivity contribution is 5.78. The lowest BCUT2D eigenvalue weighted by Gasteiger charge is -2.35. The number of rotatable bonds is 2. The van der Waals surface area contributed by atoms with E-state index < -0.39 is 0 Å². The molecule has 1 unspecified atom stereocenters. The normalized spacial score (nSPS) is 17.3. The zero-order valence-corrected chi connectivity index (χ0v) is 14.6. The molecule has 0 saturated heterocycles. The molecular formula is C22H19N3O. The maximum atomic E-state index is 5.50. The molecule has 128 valence electrons. The largest absolute Gasteiger partial charge is 0.464 e. The third kappa shape index (κ3) is 2.50. The van der Waals surface area contributed by atoms with Crippen LogP contribution in [-0.4, -0.2) is 28.5 Å². The van der Waals surface area contributed by atoms with Crippen LogP contribution in [0.25, 0.3) is 22.4 Å². The topological polar surface area (TPSA) is 42.2 Å². The molecule has 0 fully saturated rings. The molecule has 5 rings (SSSR count). The minimum Gasteiger partial charge on any atom is -0.464 e. The van der Waals surface area contributed by atoms with Gasteiger partial charge in [-0.05, 0) is 60.5 Å². The van der Waals surface area contributed by atoms with Gasteiger partial charge in [0.1, 0.15) is 5.58 Å². The first-order chi connectivity index (χ1) is 12.8. The first kappa shape index (κ1) is 15.3. The van der Waals surface area contributed by atoms with Gasteiger partial charge >= 0.3 is 0 Å². The predicted molar refractivity (Wildman–Crippen MR) is 102 cm³/mol. The van der Waals surface area contributed by atoms with Crippen molar-refractivity contribution >= 4 is 11.0 Å². The number of aromatic nitrogens is 2. The van der Waals surface area contributed by atoms with Crippen LogP contribution < -0.4 is 0 Å². The molecule has 4 heteroatoms. The number of furan rings is 1. The summed E-state index contributed by atoms with van der Waals surface area (Å²) in [7, 11) is 2.19. The van der Waals surface area contributed by atoms with E-state index in [0.717, 1.165) is 35.3 Å². The Labute approximate surface area is 152 Å².